The molecule has 1 saturated heterocycles. The van der Waals surface area contributed by atoms with Gasteiger partial charge in [-0.2, -0.15) is 0 Å². The van der Waals surface area contributed by atoms with E-state index in [1.54, 1.807) is 24.3 Å². The largest absolute Gasteiger partial charge is 0.493 e. The molecule has 1 aromatic carbocycles. The van der Waals surface area contributed by atoms with Crippen LogP contribution in [0.4, 0.5) is 0 Å². The lowest BCUT2D eigenvalue weighted by Crippen LogP contribution is -2.47. The zero-order valence-corrected chi connectivity index (χ0v) is 13.7. The summed E-state index contributed by atoms with van der Waals surface area (Å²) in [4.78, 5) is 0.271. The van der Waals surface area contributed by atoms with Crippen LogP contribution in [0.2, 0.25) is 0 Å². The van der Waals surface area contributed by atoms with Crippen molar-refractivity contribution < 1.29 is 13.2 Å². The number of hydrogen-bond acceptors (Lipinski definition) is 4. The summed E-state index contributed by atoms with van der Waals surface area (Å²) in [5, 5.41) is 3.18. The third kappa shape index (κ3) is 4.43. The van der Waals surface area contributed by atoms with Crippen molar-refractivity contribution in [2.75, 3.05) is 19.7 Å². The zero-order valence-electron chi connectivity index (χ0n) is 12.8. The second-order valence-electron chi connectivity index (χ2n) is 6.27. The monoisotopic (exact) mass is 312 g/mol. The van der Waals surface area contributed by atoms with Crippen molar-refractivity contribution in [3.05, 3.63) is 24.3 Å². The summed E-state index contributed by atoms with van der Waals surface area (Å²) in [5.74, 6) is 1.13. The van der Waals surface area contributed by atoms with Crippen molar-refractivity contribution in [2.24, 2.45) is 5.92 Å². The highest BCUT2D eigenvalue weighted by molar-refractivity contribution is 7.89. The molecule has 1 heterocycles. The number of ether oxygens (including phenoxy) is 1. The van der Waals surface area contributed by atoms with E-state index in [1.165, 1.54) is 0 Å². The van der Waals surface area contributed by atoms with Gasteiger partial charge in [-0.25, -0.2) is 13.1 Å². The molecule has 0 radical (unpaired) electrons. The molecule has 0 aromatic heterocycles. The van der Waals surface area contributed by atoms with Crippen molar-refractivity contribution >= 4 is 10.0 Å². The van der Waals surface area contributed by atoms with Gasteiger partial charge in [0.05, 0.1) is 11.5 Å². The molecular weight excluding hydrogens is 288 g/mol. The first-order valence-corrected chi connectivity index (χ1v) is 8.77. The Hall–Kier alpha value is -1.11. The molecule has 1 fully saturated rings. The number of rotatable bonds is 6. The Morgan fingerprint density at radius 3 is 2.52 bits per heavy atom. The fraction of sp³-hybridized carbons (Fsp3) is 0.600. The normalized spacial score (nSPS) is 22.7. The van der Waals surface area contributed by atoms with E-state index >= 15 is 0 Å². The van der Waals surface area contributed by atoms with Crippen LogP contribution in [0.3, 0.4) is 0 Å². The average molecular weight is 312 g/mol. The van der Waals surface area contributed by atoms with Gasteiger partial charge in [-0.1, -0.05) is 13.8 Å². The summed E-state index contributed by atoms with van der Waals surface area (Å²) in [7, 11) is -3.50. The minimum atomic E-state index is -3.50. The predicted molar refractivity (Wildman–Crippen MR) is 83.0 cm³/mol. The van der Waals surface area contributed by atoms with Crippen LogP contribution in [0.25, 0.3) is 0 Å². The van der Waals surface area contributed by atoms with Crippen LogP contribution in [0, 0.1) is 5.92 Å². The number of benzene rings is 1. The number of hydrogen-bond donors (Lipinski definition) is 2. The molecule has 0 saturated carbocycles. The van der Waals surface area contributed by atoms with Crippen LogP contribution in [0.5, 0.6) is 5.75 Å². The number of sulfonamides is 1. The molecule has 2 N–H and O–H groups in total. The molecule has 21 heavy (non-hydrogen) atoms. The van der Waals surface area contributed by atoms with Gasteiger partial charge in [0.25, 0.3) is 0 Å². The van der Waals surface area contributed by atoms with Crippen LogP contribution in [0.15, 0.2) is 29.2 Å². The zero-order chi connectivity index (χ0) is 15.5. The first kappa shape index (κ1) is 16.3. The quantitative estimate of drug-likeness (QED) is 0.840. The Balaban J connectivity index is 2.06. The van der Waals surface area contributed by atoms with Gasteiger partial charge in [-0.05, 0) is 50.1 Å². The van der Waals surface area contributed by atoms with E-state index in [2.05, 4.69) is 23.9 Å². The molecule has 0 spiro atoms. The summed E-state index contributed by atoms with van der Waals surface area (Å²) in [6.45, 7) is 8.17. The lowest BCUT2D eigenvalue weighted by atomic mass is 10.0. The van der Waals surface area contributed by atoms with Gasteiger partial charge in [0.2, 0.25) is 10.0 Å². The molecule has 1 aliphatic rings. The standard InChI is InChI=1S/C15H24N2O3S/c1-12(2)10-20-13-4-6-14(7-5-13)21(18,19)17-15(3)8-9-16-11-15/h4-7,12,16-17H,8-11H2,1-3H3. The Bertz CT molecular complexity index is 561. The SMILES string of the molecule is CC(C)COc1ccc(S(=O)(=O)NC2(C)CCNC2)cc1. The molecule has 0 bridgehead atoms. The fourth-order valence-electron chi connectivity index (χ4n) is 2.27. The van der Waals surface area contributed by atoms with Crippen molar-refractivity contribution in [1.82, 2.24) is 10.0 Å². The average Bonchev–Trinajstić information content (AvgIpc) is 2.82. The molecule has 5 nitrogen and oxygen atoms in total. The molecule has 1 unspecified atom stereocenters. The summed E-state index contributed by atoms with van der Waals surface area (Å²) in [6.07, 6.45) is 0.793. The van der Waals surface area contributed by atoms with Gasteiger partial charge in [0, 0.05) is 12.1 Å². The van der Waals surface area contributed by atoms with E-state index in [0.29, 0.717) is 24.8 Å². The third-order valence-electron chi connectivity index (χ3n) is 3.47. The van der Waals surface area contributed by atoms with Gasteiger partial charge >= 0.3 is 0 Å². The van der Waals surface area contributed by atoms with E-state index in [-0.39, 0.29) is 4.90 Å². The summed E-state index contributed by atoms with van der Waals surface area (Å²) < 4.78 is 33.1. The van der Waals surface area contributed by atoms with Gasteiger partial charge in [0.15, 0.2) is 0 Å². The minimum absolute atomic E-state index is 0.271. The van der Waals surface area contributed by atoms with Crippen molar-refractivity contribution in [3.63, 3.8) is 0 Å². The topological polar surface area (TPSA) is 67.4 Å². The van der Waals surface area contributed by atoms with Crippen molar-refractivity contribution in [2.45, 2.75) is 37.6 Å². The van der Waals surface area contributed by atoms with E-state index in [0.717, 1.165) is 13.0 Å². The van der Waals surface area contributed by atoms with E-state index in [9.17, 15) is 8.42 Å². The highest BCUT2D eigenvalue weighted by atomic mass is 32.2. The maximum absolute atomic E-state index is 12.4. The van der Waals surface area contributed by atoms with Crippen LogP contribution >= 0.6 is 0 Å². The molecule has 1 aromatic rings. The molecule has 118 valence electrons. The molecule has 1 aliphatic heterocycles. The summed E-state index contributed by atoms with van der Waals surface area (Å²) in [5.41, 5.74) is -0.411. The van der Waals surface area contributed by atoms with Gasteiger partial charge in [0.1, 0.15) is 5.75 Å². The Kier molecular flexibility index (Phi) is 4.91. The molecule has 1 atom stereocenters. The van der Waals surface area contributed by atoms with Crippen LogP contribution in [-0.4, -0.2) is 33.7 Å². The second kappa shape index (κ2) is 6.34. The lowest BCUT2D eigenvalue weighted by molar-refractivity contribution is 0.271. The van der Waals surface area contributed by atoms with Crippen molar-refractivity contribution in [3.8, 4) is 5.75 Å². The summed E-state index contributed by atoms with van der Waals surface area (Å²) in [6, 6.07) is 6.58. The fourth-order valence-corrected chi connectivity index (χ4v) is 3.70. The molecule has 0 amide bonds. The van der Waals surface area contributed by atoms with Crippen molar-refractivity contribution in [1.29, 1.82) is 0 Å². The number of nitrogens with one attached hydrogen (secondary N) is 2. The van der Waals surface area contributed by atoms with Crippen LogP contribution in [-0.2, 0) is 10.0 Å². The van der Waals surface area contributed by atoms with Crippen LogP contribution < -0.4 is 14.8 Å². The molecule has 0 aliphatic carbocycles. The maximum Gasteiger partial charge on any atom is 0.241 e. The Morgan fingerprint density at radius 1 is 1.33 bits per heavy atom. The van der Waals surface area contributed by atoms with Gasteiger partial charge < -0.3 is 10.1 Å². The van der Waals surface area contributed by atoms with E-state index in [4.69, 9.17) is 4.74 Å². The lowest BCUT2D eigenvalue weighted by Gasteiger charge is -2.24. The van der Waals surface area contributed by atoms with Gasteiger partial charge in [-0.15, -0.1) is 0 Å². The Morgan fingerprint density at radius 2 is 2.00 bits per heavy atom. The highest BCUT2D eigenvalue weighted by Crippen LogP contribution is 2.20. The van der Waals surface area contributed by atoms with E-state index in [1.807, 2.05) is 6.92 Å². The summed E-state index contributed by atoms with van der Waals surface area (Å²) >= 11 is 0. The third-order valence-corrected chi connectivity index (χ3v) is 5.12. The Labute approximate surface area is 127 Å². The predicted octanol–water partition coefficient (Wildman–Crippen LogP) is 1.75. The highest BCUT2D eigenvalue weighted by Gasteiger charge is 2.33. The first-order chi connectivity index (χ1) is 9.81. The van der Waals surface area contributed by atoms with Gasteiger partial charge in [-0.3, -0.25) is 0 Å². The smallest absolute Gasteiger partial charge is 0.241 e. The maximum atomic E-state index is 12.4. The second-order valence-corrected chi connectivity index (χ2v) is 7.95. The first-order valence-electron chi connectivity index (χ1n) is 7.28. The van der Waals surface area contributed by atoms with E-state index < -0.39 is 15.6 Å². The molecule has 2 rings (SSSR count). The molecule has 6 heteroatoms. The minimum Gasteiger partial charge on any atom is -0.493 e. The molecular formula is C15H24N2O3S. The van der Waals surface area contributed by atoms with Crippen LogP contribution in [0.1, 0.15) is 27.2 Å².